The first kappa shape index (κ1) is 15.3. The minimum absolute atomic E-state index is 0.121. The normalized spacial score (nSPS) is 13.1. The van der Waals surface area contributed by atoms with Gasteiger partial charge in [0.25, 0.3) is 0 Å². The molecular weight excluding hydrogens is 275 g/mol. The third kappa shape index (κ3) is 11.3. The number of hydrogen-bond acceptors (Lipinski definition) is 1. The molecule has 0 aliphatic heterocycles. The van der Waals surface area contributed by atoms with Crippen molar-refractivity contribution in [1.29, 1.82) is 0 Å². The van der Waals surface area contributed by atoms with Crippen LogP contribution in [0, 0.1) is 0 Å². The van der Waals surface area contributed by atoms with Crippen LogP contribution in [0.15, 0.2) is 0 Å². The van der Waals surface area contributed by atoms with Gasteiger partial charge in [-0.15, -0.1) is 11.4 Å². The molecular formula is C11H24BrPS. The Kier molecular flexibility index (Phi) is 13.4. The Morgan fingerprint density at radius 3 is 2.21 bits per heavy atom. The highest BCUT2D eigenvalue weighted by molar-refractivity contribution is 9.48. The van der Waals surface area contributed by atoms with Crippen molar-refractivity contribution in [3.05, 3.63) is 0 Å². The summed E-state index contributed by atoms with van der Waals surface area (Å²) in [6.45, 7) is 4.54. The Labute approximate surface area is 103 Å². The van der Waals surface area contributed by atoms with E-state index in [-0.39, 0.29) is 5.83 Å². The molecule has 0 heterocycles. The van der Waals surface area contributed by atoms with E-state index in [4.69, 9.17) is 0 Å². The molecule has 0 spiro atoms. The van der Waals surface area contributed by atoms with Crippen molar-refractivity contribution in [2.75, 3.05) is 11.9 Å². The fourth-order valence-corrected chi connectivity index (χ4v) is 6.58. The third-order valence-corrected chi connectivity index (χ3v) is 8.52. The average Bonchev–Trinajstić information content (AvgIpc) is 2.17. The SMILES string of the molecule is CCCCCCCCSP(Br)CCC. The highest BCUT2D eigenvalue weighted by atomic mass is 79.9. The smallest absolute Gasteiger partial charge is 0.0234 e. The van der Waals surface area contributed by atoms with E-state index in [0.717, 1.165) is 0 Å². The van der Waals surface area contributed by atoms with Gasteiger partial charge in [-0.2, -0.15) is 0 Å². The summed E-state index contributed by atoms with van der Waals surface area (Å²) in [5.41, 5.74) is 0. The van der Waals surface area contributed by atoms with Gasteiger partial charge in [0.1, 0.15) is 0 Å². The van der Waals surface area contributed by atoms with Crippen LogP contribution in [0.2, 0.25) is 0 Å². The second-order valence-electron chi connectivity index (χ2n) is 3.64. The fourth-order valence-electron chi connectivity index (χ4n) is 1.29. The highest BCUT2D eigenvalue weighted by Gasteiger charge is 2.01. The van der Waals surface area contributed by atoms with Crippen molar-refractivity contribution < 1.29 is 0 Å². The van der Waals surface area contributed by atoms with Gasteiger partial charge in [-0.3, -0.25) is 0 Å². The van der Waals surface area contributed by atoms with Crippen molar-refractivity contribution in [2.24, 2.45) is 0 Å². The van der Waals surface area contributed by atoms with Crippen LogP contribution in [0.5, 0.6) is 0 Å². The van der Waals surface area contributed by atoms with E-state index < -0.39 is 0 Å². The Bertz CT molecular complexity index is 111. The van der Waals surface area contributed by atoms with Gasteiger partial charge in [0.2, 0.25) is 0 Å². The zero-order chi connectivity index (χ0) is 10.6. The van der Waals surface area contributed by atoms with Gasteiger partial charge >= 0.3 is 0 Å². The van der Waals surface area contributed by atoms with Gasteiger partial charge in [-0.25, -0.2) is 0 Å². The Morgan fingerprint density at radius 1 is 0.929 bits per heavy atom. The average molecular weight is 299 g/mol. The monoisotopic (exact) mass is 298 g/mol. The lowest BCUT2D eigenvalue weighted by Crippen LogP contribution is -1.81. The molecule has 0 aromatic carbocycles. The van der Waals surface area contributed by atoms with Gasteiger partial charge in [0.15, 0.2) is 0 Å². The second-order valence-corrected chi connectivity index (χ2v) is 11.5. The standard InChI is InChI=1S/C11H24BrPS/c1-3-5-6-7-8-9-11-14-13(12)10-4-2/h3-11H2,1-2H3. The molecule has 0 amide bonds. The molecule has 0 N–H and O–H groups in total. The first-order valence-electron chi connectivity index (χ1n) is 5.87. The molecule has 0 fully saturated rings. The molecule has 1 atom stereocenters. The van der Waals surface area contributed by atoms with Crippen LogP contribution in [-0.2, 0) is 0 Å². The minimum Gasteiger partial charge on any atom is -0.122 e. The molecule has 0 bridgehead atoms. The van der Waals surface area contributed by atoms with Gasteiger partial charge < -0.3 is 0 Å². The van der Waals surface area contributed by atoms with E-state index in [1.165, 1.54) is 56.9 Å². The molecule has 14 heavy (non-hydrogen) atoms. The summed E-state index contributed by atoms with van der Waals surface area (Å²) in [5, 5.41) is 0. The maximum atomic E-state index is 3.76. The van der Waals surface area contributed by atoms with Gasteiger partial charge in [0.05, 0.1) is 0 Å². The van der Waals surface area contributed by atoms with E-state index in [9.17, 15) is 0 Å². The quantitative estimate of drug-likeness (QED) is 0.342. The Balaban J connectivity index is 2.98. The molecule has 0 rings (SSSR count). The van der Waals surface area contributed by atoms with Crippen LogP contribution in [0.4, 0.5) is 0 Å². The molecule has 0 saturated heterocycles. The minimum atomic E-state index is 0.121. The van der Waals surface area contributed by atoms with Crippen LogP contribution < -0.4 is 0 Å². The zero-order valence-electron chi connectivity index (χ0n) is 9.60. The highest BCUT2D eigenvalue weighted by Crippen LogP contribution is 2.57. The number of hydrogen-bond donors (Lipinski definition) is 0. The Hall–Kier alpha value is 1.26. The van der Waals surface area contributed by atoms with Crippen molar-refractivity contribution in [1.82, 2.24) is 0 Å². The van der Waals surface area contributed by atoms with E-state index in [0.29, 0.717) is 0 Å². The summed E-state index contributed by atoms with van der Waals surface area (Å²) >= 11 is 5.91. The Morgan fingerprint density at radius 2 is 1.57 bits per heavy atom. The summed E-state index contributed by atoms with van der Waals surface area (Å²) in [6, 6.07) is 0. The zero-order valence-corrected chi connectivity index (χ0v) is 12.9. The summed E-state index contributed by atoms with van der Waals surface area (Å²) < 4.78 is 0. The molecule has 0 nitrogen and oxygen atoms in total. The molecule has 0 aromatic heterocycles. The lowest BCUT2D eigenvalue weighted by Gasteiger charge is -2.07. The van der Waals surface area contributed by atoms with Crippen molar-refractivity contribution in [2.45, 2.75) is 58.8 Å². The van der Waals surface area contributed by atoms with Crippen molar-refractivity contribution in [3.63, 3.8) is 0 Å². The summed E-state index contributed by atoms with van der Waals surface area (Å²) in [7, 11) is 0. The summed E-state index contributed by atoms with van der Waals surface area (Å²) in [6.07, 6.45) is 11.2. The van der Waals surface area contributed by atoms with Crippen LogP contribution >= 0.6 is 32.7 Å². The van der Waals surface area contributed by atoms with Gasteiger partial charge in [0, 0.05) is 5.83 Å². The van der Waals surface area contributed by atoms with E-state index in [2.05, 4.69) is 40.7 Å². The lowest BCUT2D eigenvalue weighted by atomic mass is 10.1. The van der Waals surface area contributed by atoms with E-state index in [1.807, 2.05) is 0 Å². The maximum absolute atomic E-state index is 3.76. The van der Waals surface area contributed by atoms with Crippen molar-refractivity contribution in [3.8, 4) is 0 Å². The third-order valence-electron chi connectivity index (χ3n) is 2.13. The molecule has 3 heteroatoms. The van der Waals surface area contributed by atoms with E-state index in [1.54, 1.807) is 0 Å². The first-order valence-corrected chi connectivity index (χ1v) is 11.0. The second kappa shape index (κ2) is 12.3. The van der Waals surface area contributed by atoms with E-state index >= 15 is 0 Å². The van der Waals surface area contributed by atoms with Gasteiger partial charge in [-0.1, -0.05) is 52.4 Å². The molecule has 0 saturated carbocycles. The van der Waals surface area contributed by atoms with Crippen LogP contribution in [0.25, 0.3) is 0 Å². The number of rotatable bonds is 10. The molecule has 0 aliphatic carbocycles. The largest absolute Gasteiger partial charge is 0.122 e. The number of unbranched alkanes of at least 4 members (excludes halogenated alkanes) is 5. The maximum Gasteiger partial charge on any atom is 0.0234 e. The molecule has 1 unspecified atom stereocenters. The molecule has 0 radical (unpaired) electrons. The summed E-state index contributed by atoms with van der Waals surface area (Å²) in [4.78, 5) is 0. The molecule has 0 aliphatic rings. The molecule has 86 valence electrons. The lowest BCUT2D eigenvalue weighted by molar-refractivity contribution is 0.627. The van der Waals surface area contributed by atoms with Crippen LogP contribution in [-0.4, -0.2) is 11.9 Å². The van der Waals surface area contributed by atoms with Crippen LogP contribution in [0.3, 0.4) is 0 Å². The van der Waals surface area contributed by atoms with Gasteiger partial charge in [-0.05, 0) is 33.8 Å². The molecule has 0 aromatic rings. The predicted octanol–water partition coefficient (Wildman–Crippen LogP) is 6.20. The first-order chi connectivity index (χ1) is 6.81. The van der Waals surface area contributed by atoms with Crippen LogP contribution in [0.1, 0.15) is 58.8 Å². The number of halogens is 1. The topological polar surface area (TPSA) is 0 Å². The fraction of sp³-hybridized carbons (Fsp3) is 1.00. The summed E-state index contributed by atoms with van der Waals surface area (Å²) in [5.74, 6) is 1.49. The predicted molar refractivity (Wildman–Crippen MR) is 76.8 cm³/mol. The van der Waals surface area contributed by atoms with Crippen molar-refractivity contribution >= 4 is 32.7 Å².